The van der Waals surface area contributed by atoms with E-state index in [2.05, 4.69) is 53.2 Å². The van der Waals surface area contributed by atoms with Crippen LogP contribution in [-0.2, 0) is 16.8 Å². The quantitative estimate of drug-likeness (QED) is 0.426. The Kier molecular flexibility index (Phi) is 7.54. The SMILES string of the molecule is CC(C)N1CCC2(CC1)c1ccc(-c3cccc(C#N)c3)cc1CCN2CC(=O)Nc1ccc(F)c(Cl)c1. The van der Waals surface area contributed by atoms with Crippen LogP contribution in [0.5, 0.6) is 0 Å². The fraction of sp³-hybridized carbons (Fsp3) is 0.355. The molecule has 196 valence electrons. The van der Waals surface area contributed by atoms with Crippen molar-refractivity contribution in [3.05, 3.63) is 88.2 Å². The second-order valence-electron chi connectivity index (χ2n) is 10.6. The largest absolute Gasteiger partial charge is 0.325 e. The molecule has 0 bridgehead atoms. The molecule has 0 aromatic heterocycles. The Morgan fingerprint density at radius 1 is 1.08 bits per heavy atom. The number of amides is 1. The van der Waals surface area contributed by atoms with E-state index in [1.807, 2.05) is 24.3 Å². The van der Waals surface area contributed by atoms with Gasteiger partial charge in [-0.05, 0) is 85.7 Å². The summed E-state index contributed by atoms with van der Waals surface area (Å²) in [5.74, 6) is -0.640. The molecule has 3 aromatic carbocycles. The van der Waals surface area contributed by atoms with Crippen LogP contribution in [0.2, 0.25) is 5.02 Å². The number of anilines is 1. The van der Waals surface area contributed by atoms with Gasteiger partial charge in [0.25, 0.3) is 0 Å². The summed E-state index contributed by atoms with van der Waals surface area (Å²) in [6.45, 7) is 7.42. The molecule has 3 aromatic rings. The van der Waals surface area contributed by atoms with Gasteiger partial charge in [-0.3, -0.25) is 9.69 Å². The average Bonchev–Trinajstić information content (AvgIpc) is 2.92. The molecule has 1 amide bonds. The van der Waals surface area contributed by atoms with Crippen LogP contribution in [0, 0.1) is 17.1 Å². The first kappa shape index (κ1) is 26.4. The molecular formula is C31H32ClFN4O. The maximum absolute atomic E-state index is 13.6. The van der Waals surface area contributed by atoms with Gasteiger partial charge in [0.2, 0.25) is 5.91 Å². The number of piperidine rings is 1. The summed E-state index contributed by atoms with van der Waals surface area (Å²) >= 11 is 5.92. The number of likely N-dealkylation sites (tertiary alicyclic amines) is 1. The van der Waals surface area contributed by atoms with Crippen LogP contribution < -0.4 is 5.32 Å². The van der Waals surface area contributed by atoms with Gasteiger partial charge in [0, 0.05) is 36.9 Å². The average molecular weight is 531 g/mol. The van der Waals surface area contributed by atoms with E-state index in [-0.39, 0.29) is 23.0 Å². The van der Waals surface area contributed by atoms with Crippen molar-refractivity contribution >= 4 is 23.2 Å². The highest BCUT2D eigenvalue weighted by Gasteiger charge is 2.45. The minimum atomic E-state index is -0.508. The summed E-state index contributed by atoms with van der Waals surface area (Å²) in [5.41, 5.74) is 5.66. The van der Waals surface area contributed by atoms with Crippen molar-refractivity contribution in [3.63, 3.8) is 0 Å². The minimum Gasteiger partial charge on any atom is -0.325 e. The summed E-state index contributed by atoms with van der Waals surface area (Å²) in [6, 6.07) is 21.3. The summed E-state index contributed by atoms with van der Waals surface area (Å²) in [6.07, 6.45) is 2.72. The van der Waals surface area contributed by atoms with Gasteiger partial charge in [-0.2, -0.15) is 5.26 Å². The number of carbonyl (C=O) groups excluding carboxylic acids is 1. The molecule has 0 unspecified atom stereocenters. The number of rotatable bonds is 5. The van der Waals surface area contributed by atoms with E-state index in [1.54, 1.807) is 0 Å². The number of benzene rings is 3. The fourth-order valence-electron chi connectivity index (χ4n) is 6.02. The van der Waals surface area contributed by atoms with Gasteiger partial charge in [0.1, 0.15) is 5.82 Å². The molecule has 7 heteroatoms. The molecule has 1 N–H and O–H groups in total. The molecule has 38 heavy (non-hydrogen) atoms. The van der Waals surface area contributed by atoms with E-state index in [0.717, 1.165) is 50.0 Å². The number of hydrogen-bond donors (Lipinski definition) is 1. The van der Waals surface area contributed by atoms with E-state index in [9.17, 15) is 14.4 Å². The molecule has 1 saturated heterocycles. The molecule has 1 spiro atoms. The Balaban J connectivity index is 1.44. The van der Waals surface area contributed by atoms with Crippen LogP contribution in [0.3, 0.4) is 0 Å². The Hall–Kier alpha value is -3.24. The lowest BCUT2D eigenvalue weighted by Crippen LogP contribution is -2.58. The first-order valence-corrected chi connectivity index (χ1v) is 13.5. The lowest BCUT2D eigenvalue weighted by atomic mass is 9.73. The summed E-state index contributed by atoms with van der Waals surface area (Å²) < 4.78 is 13.6. The number of hydrogen-bond acceptors (Lipinski definition) is 4. The van der Waals surface area contributed by atoms with Crippen molar-refractivity contribution in [1.82, 2.24) is 9.80 Å². The fourth-order valence-corrected chi connectivity index (χ4v) is 6.20. The lowest BCUT2D eigenvalue weighted by molar-refractivity contribution is -0.120. The van der Waals surface area contributed by atoms with Crippen LogP contribution in [-0.4, -0.2) is 47.9 Å². The van der Waals surface area contributed by atoms with E-state index in [1.165, 1.54) is 29.3 Å². The molecule has 2 aliphatic rings. The van der Waals surface area contributed by atoms with E-state index >= 15 is 0 Å². The zero-order valence-electron chi connectivity index (χ0n) is 21.8. The number of nitrogens with zero attached hydrogens (tertiary/aromatic N) is 3. The number of fused-ring (bicyclic) bond motifs is 2. The predicted octanol–water partition coefficient (Wildman–Crippen LogP) is 6.21. The zero-order valence-corrected chi connectivity index (χ0v) is 22.6. The highest BCUT2D eigenvalue weighted by molar-refractivity contribution is 6.31. The highest BCUT2D eigenvalue weighted by Crippen LogP contribution is 2.44. The predicted molar refractivity (Wildman–Crippen MR) is 150 cm³/mol. The maximum atomic E-state index is 13.6. The first-order chi connectivity index (χ1) is 18.3. The molecule has 0 radical (unpaired) electrons. The molecule has 2 aliphatic heterocycles. The summed E-state index contributed by atoms with van der Waals surface area (Å²) in [4.78, 5) is 18.0. The summed E-state index contributed by atoms with van der Waals surface area (Å²) in [7, 11) is 0. The third kappa shape index (κ3) is 5.19. The van der Waals surface area contributed by atoms with Gasteiger partial charge in [0.15, 0.2) is 0 Å². The smallest absolute Gasteiger partial charge is 0.238 e. The van der Waals surface area contributed by atoms with Crippen molar-refractivity contribution in [1.29, 1.82) is 5.26 Å². The van der Waals surface area contributed by atoms with Crippen LogP contribution in [0.25, 0.3) is 11.1 Å². The van der Waals surface area contributed by atoms with Gasteiger partial charge < -0.3 is 10.2 Å². The molecular weight excluding hydrogens is 499 g/mol. The van der Waals surface area contributed by atoms with E-state index in [0.29, 0.717) is 17.3 Å². The van der Waals surface area contributed by atoms with Gasteiger partial charge in [-0.1, -0.05) is 41.9 Å². The summed E-state index contributed by atoms with van der Waals surface area (Å²) in [5, 5.41) is 12.2. The van der Waals surface area contributed by atoms with Gasteiger partial charge >= 0.3 is 0 Å². The number of carbonyl (C=O) groups is 1. The van der Waals surface area contributed by atoms with Crippen molar-refractivity contribution in [2.45, 2.75) is 44.7 Å². The number of halogens is 2. The Labute approximate surface area is 228 Å². The number of nitrogens with one attached hydrogen (secondary N) is 1. The van der Waals surface area contributed by atoms with Crippen LogP contribution in [0.15, 0.2) is 60.7 Å². The lowest BCUT2D eigenvalue weighted by Gasteiger charge is -2.53. The molecule has 2 heterocycles. The van der Waals surface area contributed by atoms with Gasteiger partial charge in [-0.15, -0.1) is 0 Å². The monoisotopic (exact) mass is 530 g/mol. The van der Waals surface area contributed by atoms with E-state index in [4.69, 9.17) is 11.6 Å². The van der Waals surface area contributed by atoms with Crippen molar-refractivity contribution in [2.24, 2.45) is 0 Å². The van der Waals surface area contributed by atoms with Crippen molar-refractivity contribution in [3.8, 4) is 17.2 Å². The standard InChI is InChI=1S/C31H32ClFN4O/c1-21(2)36-14-11-31(12-15-36)27-8-6-24(23-5-3-4-22(16-23)19-34)17-25(27)10-13-37(31)20-30(38)35-26-7-9-29(33)28(32)18-26/h3-9,16-18,21H,10-15,20H2,1-2H3,(H,35,38). The molecule has 5 nitrogen and oxygen atoms in total. The molecule has 0 atom stereocenters. The molecule has 0 saturated carbocycles. The maximum Gasteiger partial charge on any atom is 0.238 e. The Morgan fingerprint density at radius 2 is 1.84 bits per heavy atom. The first-order valence-electron chi connectivity index (χ1n) is 13.2. The Bertz CT molecular complexity index is 1390. The second-order valence-corrected chi connectivity index (χ2v) is 11.0. The molecule has 5 rings (SSSR count). The van der Waals surface area contributed by atoms with Crippen molar-refractivity contribution < 1.29 is 9.18 Å². The van der Waals surface area contributed by atoms with Gasteiger partial charge in [-0.25, -0.2) is 4.39 Å². The van der Waals surface area contributed by atoms with E-state index < -0.39 is 5.82 Å². The van der Waals surface area contributed by atoms with Crippen LogP contribution >= 0.6 is 11.6 Å². The molecule has 1 fully saturated rings. The third-order valence-corrected chi connectivity index (χ3v) is 8.37. The molecule has 0 aliphatic carbocycles. The highest BCUT2D eigenvalue weighted by atomic mass is 35.5. The number of nitriles is 1. The topological polar surface area (TPSA) is 59.4 Å². The zero-order chi connectivity index (χ0) is 26.9. The normalized spacial score (nSPS) is 17.3. The minimum absolute atomic E-state index is 0.0108. The van der Waals surface area contributed by atoms with Crippen LogP contribution in [0.1, 0.15) is 43.4 Å². The van der Waals surface area contributed by atoms with Crippen molar-refractivity contribution in [2.75, 3.05) is 31.5 Å². The van der Waals surface area contributed by atoms with Gasteiger partial charge in [0.05, 0.1) is 23.2 Å². The Morgan fingerprint density at radius 3 is 2.55 bits per heavy atom. The van der Waals surface area contributed by atoms with Crippen LogP contribution in [0.4, 0.5) is 10.1 Å². The third-order valence-electron chi connectivity index (χ3n) is 8.08. The second kappa shape index (κ2) is 10.9.